The molecule has 0 saturated heterocycles. The molecule has 6 heteroatoms. The Kier molecular flexibility index (Phi) is 2.63. The van der Waals surface area contributed by atoms with Gasteiger partial charge in [-0.3, -0.25) is 0 Å². The molecule has 2 N–H and O–H groups in total. The van der Waals surface area contributed by atoms with E-state index in [0.29, 0.717) is 0 Å². The topological polar surface area (TPSA) is 100 Å². The van der Waals surface area contributed by atoms with Gasteiger partial charge >= 0.3 is 0 Å². The lowest BCUT2D eigenvalue weighted by Crippen LogP contribution is -2.01. The highest BCUT2D eigenvalue weighted by atomic mass is 16.5. The van der Waals surface area contributed by atoms with Crippen molar-refractivity contribution in [3.63, 3.8) is 0 Å². The Morgan fingerprint density at radius 2 is 1.12 bits per heavy atom. The van der Waals surface area contributed by atoms with E-state index in [2.05, 4.69) is 0 Å². The Bertz CT molecular complexity index is 466. The van der Waals surface area contributed by atoms with Crippen molar-refractivity contribution in [3.8, 4) is 0 Å². The van der Waals surface area contributed by atoms with Crippen LogP contribution in [-0.4, -0.2) is 0 Å². The average Bonchev–Trinajstić information content (AvgIpc) is 2.27. The summed E-state index contributed by atoms with van der Waals surface area (Å²) in [5.41, 5.74) is 0.454. The molecule has 0 aromatic heterocycles. The summed E-state index contributed by atoms with van der Waals surface area (Å²) in [6, 6.07) is 9.36. The lowest BCUT2D eigenvalue weighted by molar-refractivity contribution is 1.31. The number of anilines is 2. The Labute approximate surface area is 91.7 Å². The second-order valence-electron chi connectivity index (χ2n) is 3.30. The van der Waals surface area contributed by atoms with Gasteiger partial charge in [0, 0.05) is 11.4 Å². The maximum absolute atomic E-state index is 10.8. The highest BCUT2D eigenvalue weighted by Crippen LogP contribution is 2.25. The van der Waals surface area contributed by atoms with E-state index in [1.165, 1.54) is 12.1 Å². The first-order chi connectivity index (χ1) is 7.58. The number of hydrogen-bond acceptors (Lipinski definition) is 4. The molecule has 0 aliphatic heterocycles. The van der Waals surface area contributed by atoms with Gasteiger partial charge in [0.2, 0.25) is 0 Å². The molecule has 0 atom stereocenters. The smallest absolute Gasteiger partial charge is 0.00908 e. The largest absolute Gasteiger partial charge is 0.776 e. The Balaban J connectivity index is 2.53. The first-order valence-corrected chi connectivity index (χ1v) is 4.49. The molecule has 2 rings (SSSR count). The minimum Gasteiger partial charge on any atom is -0.776 e. The first-order valence-electron chi connectivity index (χ1n) is 4.49. The molecule has 0 radical (unpaired) electrons. The molecular formula is C10H8N4O2-4. The molecule has 84 valence electrons. The third kappa shape index (κ3) is 1.90. The summed E-state index contributed by atoms with van der Waals surface area (Å²) in [5.74, 6) is 13.8. The average molecular weight is 216 g/mol. The van der Waals surface area contributed by atoms with E-state index in [9.17, 15) is 10.4 Å². The summed E-state index contributed by atoms with van der Waals surface area (Å²) in [6.45, 7) is 0. The van der Waals surface area contributed by atoms with Crippen molar-refractivity contribution in [1.29, 1.82) is 0 Å². The highest BCUT2D eigenvalue weighted by molar-refractivity contribution is 5.89. The Morgan fingerprint density at radius 3 is 1.44 bits per heavy atom. The highest BCUT2D eigenvalue weighted by Gasteiger charge is 1.95. The molecule has 0 spiro atoms. The van der Waals surface area contributed by atoms with E-state index in [1.54, 1.807) is 24.3 Å². The van der Waals surface area contributed by atoms with Gasteiger partial charge in [0.15, 0.2) is 0 Å². The van der Waals surface area contributed by atoms with Gasteiger partial charge in [-0.15, -0.1) is 0 Å². The first kappa shape index (κ1) is 10.7. The second kappa shape index (κ2) is 3.95. The molecule has 6 nitrogen and oxygen atoms in total. The third-order valence-corrected chi connectivity index (χ3v) is 2.28. The number of hydrogen-bond donors (Lipinski definition) is 0. The van der Waals surface area contributed by atoms with Crippen molar-refractivity contribution in [2.75, 3.05) is 10.3 Å². The third-order valence-electron chi connectivity index (χ3n) is 2.28. The minimum absolute atomic E-state index is 0.0255. The fourth-order valence-corrected chi connectivity index (χ4v) is 1.47. The van der Waals surface area contributed by atoms with Crippen molar-refractivity contribution < 1.29 is 0 Å². The summed E-state index contributed by atoms with van der Waals surface area (Å²) in [7, 11) is 0. The number of nitrogens with zero attached hydrogens (tertiary/aromatic N) is 2. The van der Waals surface area contributed by atoms with Gasteiger partial charge < -0.3 is 32.4 Å². The zero-order valence-corrected chi connectivity index (χ0v) is 8.18. The monoisotopic (exact) mass is 216 g/mol. The van der Waals surface area contributed by atoms with Crippen LogP contribution in [0.3, 0.4) is 0 Å². The molecule has 2 aromatic carbocycles. The van der Waals surface area contributed by atoms with Crippen molar-refractivity contribution in [2.24, 2.45) is 0 Å². The van der Waals surface area contributed by atoms with Crippen LogP contribution >= 0.6 is 0 Å². The van der Waals surface area contributed by atoms with Gasteiger partial charge in [0.25, 0.3) is 0 Å². The van der Waals surface area contributed by atoms with Gasteiger partial charge in [-0.1, -0.05) is 12.1 Å². The van der Waals surface area contributed by atoms with E-state index >= 15 is 0 Å². The van der Waals surface area contributed by atoms with Crippen molar-refractivity contribution in [2.45, 2.75) is 0 Å². The number of nitrogens with one attached hydrogen (secondary N) is 2. The van der Waals surface area contributed by atoms with Gasteiger partial charge in [0.05, 0.1) is 0 Å². The summed E-state index contributed by atoms with van der Waals surface area (Å²) >= 11 is 0. The van der Waals surface area contributed by atoms with Crippen LogP contribution in [0.2, 0.25) is 0 Å². The fraction of sp³-hybridized carbons (Fsp3) is 0. The lowest BCUT2D eigenvalue weighted by atomic mass is 10.1. The van der Waals surface area contributed by atoms with Crippen molar-refractivity contribution >= 4 is 22.1 Å². The van der Waals surface area contributed by atoms with Crippen LogP contribution in [0.15, 0.2) is 36.4 Å². The van der Waals surface area contributed by atoms with Gasteiger partial charge in [-0.2, -0.15) is 0 Å². The van der Waals surface area contributed by atoms with Gasteiger partial charge in [-0.25, -0.2) is 0 Å². The van der Waals surface area contributed by atoms with Crippen LogP contribution in [-0.2, 0) is 0 Å². The maximum atomic E-state index is 10.8. The predicted molar refractivity (Wildman–Crippen MR) is 64.3 cm³/mol. The summed E-state index contributed by atoms with van der Waals surface area (Å²) in [6.07, 6.45) is 0. The molecular weight excluding hydrogens is 208 g/mol. The lowest BCUT2D eigenvalue weighted by Gasteiger charge is -2.37. The normalized spacial score (nSPS) is 10.5. The molecule has 0 amide bonds. The van der Waals surface area contributed by atoms with E-state index in [-0.39, 0.29) is 21.7 Å². The van der Waals surface area contributed by atoms with E-state index < -0.39 is 0 Å². The molecule has 0 heterocycles. The van der Waals surface area contributed by atoms with Crippen LogP contribution in [0.4, 0.5) is 11.4 Å². The molecule has 16 heavy (non-hydrogen) atoms. The zero-order chi connectivity index (χ0) is 11.7. The molecule has 0 bridgehead atoms. The standard InChI is InChI=1S/C10H8N4O2/c11-13(15)9-3-1-7-5-10(14(12)16)4-2-8(7)6-9/h1-6,11-12H/q-4. The summed E-state index contributed by atoms with van der Waals surface area (Å²) < 4.78 is 0. The molecule has 0 saturated carbocycles. The number of rotatable bonds is 2. The number of benzene rings is 2. The zero-order valence-electron chi connectivity index (χ0n) is 8.18. The Hall–Kier alpha value is -1.86. The van der Waals surface area contributed by atoms with Crippen LogP contribution in [0, 0.1) is 10.4 Å². The molecule has 0 aliphatic rings. The van der Waals surface area contributed by atoms with Crippen LogP contribution in [0.5, 0.6) is 0 Å². The van der Waals surface area contributed by atoms with Crippen LogP contribution < -0.4 is 10.3 Å². The quantitative estimate of drug-likeness (QED) is 0.718. The second-order valence-corrected chi connectivity index (χ2v) is 3.30. The molecule has 2 aromatic rings. The van der Waals surface area contributed by atoms with E-state index in [0.717, 1.165) is 10.8 Å². The van der Waals surface area contributed by atoms with Gasteiger partial charge in [0.1, 0.15) is 0 Å². The van der Waals surface area contributed by atoms with Crippen molar-refractivity contribution in [3.05, 3.63) is 58.5 Å². The van der Waals surface area contributed by atoms with E-state index in [4.69, 9.17) is 11.7 Å². The van der Waals surface area contributed by atoms with Gasteiger partial charge in [-0.05, 0) is 35.0 Å². The predicted octanol–water partition coefficient (Wildman–Crippen LogP) is 3.38. The van der Waals surface area contributed by atoms with Crippen LogP contribution in [0.1, 0.15) is 0 Å². The molecule has 0 aliphatic carbocycles. The fourth-order valence-electron chi connectivity index (χ4n) is 1.47. The number of fused-ring (bicyclic) bond motifs is 1. The summed E-state index contributed by atoms with van der Waals surface area (Å²) in [4.78, 5) is 0. The summed E-state index contributed by atoms with van der Waals surface area (Å²) in [5, 5.41) is 23.1. The Morgan fingerprint density at radius 1 is 0.750 bits per heavy atom. The molecule has 0 fully saturated rings. The minimum atomic E-state index is 0.0255. The SMILES string of the molecule is [NH-]N([O-])c1ccc2cc(N([NH-])[O-])ccc2c1. The van der Waals surface area contributed by atoms with Crippen LogP contribution in [0.25, 0.3) is 22.5 Å². The van der Waals surface area contributed by atoms with E-state index in [1.807, 2.05) is 0 Å². The molecule has 0 unspecified atom stereocenters. The maximum Gasteiger partial charge on any atom is 0.00908 e. The van der Waals surface area contributed by atoms with Crippen molar-refractivity contribution in [1.82, 2.24) is 0 Å².